The molecule has 0 radical (unpaired) electrons. The van der Waals surface area contributed by atoms with Gasteiger partial charge in [-0.3, -0.25) is 19.3 Å². The van der Waals surface area contributed by atoms with Crippen LogP contribution in [-0.4, -0.2) is 41.2 Å². The third-order valence-electron chi connectivity index (χ3n) is 5.29. The summed E-state index contributed by atoms with van der Waals surface area (Å²) in [5.41, 5.74) is 2.81. The molecule has 2 aromatic carbocycles. The molecule has 1 aliphatic heterocycles. The van der Waals surface area contributed by atoms with E-state index < -0.39 is 42.3 Å². The third-order valence-corrected chi connectivity index (χ3v) is 10.1. The fourth-order valence-corrected chi connectivity index (χ4v) is 6.11. The average Bonchev–Trinajstić information content (AvgIpc) is 3.02. The highest BCUT2D eigenvalue weighted by atomic mass is 79.9. The number of rotatable bonds is 6. The number of fused-ring (bicyclic) bond motifs is 1. The van der Waals surface area contributed by atoms with Gasteiger partial charge in [0.1, 0.15) is 6.04 Å². The van der Waals surface area contributed by atoms with Gasteiger partial charge in [0.15, 0.2) is 6.61 Å². The van der Waals surface area contributed by atoms with Crippen molar-refractivity contribution in [3.8, 4) is 0 Å². The van der Waals surface area contributed by atoms with Crippen LogP contribution in [0.15, 0.2) is 36.1 Å². The van der Waals surface area contributed by atoms with E-state index in [0.29, 0.717) is 23.6 Å². The number of carbonyl (C=O) groups is 4. The van der Waals surface area contributed by atoms with E-state index in [1.165, 1.54) is 0 Å². The fraction of sp³-hybridized carbons (Fsp3) is 0.304. The van der Waals surface area contributed by atoms with Crippen molar-refractivity contribution >= 4 is 93.1 Å². The van der Waals surface area contributed by atoms with E-state index in [-0.39, 0.29) is 11.1 Å². The van der Waals surface area contributed by atoms with Crippen LogP contribution in [0.4, 0.5) is 5.69 Å². The van der Waals surface area contributed by atoms with Crippen molar-refractivity contribution in [1.82, 2.24) is 4.90 Å². The van der Waals surface area contributed by atoms with Crippen molar-refractivity contribution in [1.29, 1.82) is 0 Å². The summed E-state index contributed by atoms with van der Waals surface area (Å²) in [7, 11) is 0. The molecular weight excluding hydrogens is 704 g/mol. The maximum Gasteiger partial charge on any atom is 0.330 e. The molecule has 3 rings (SSSR count). The molecule has 1 heterocycles. The predicted molar refractivity (Wildman–Crippen MR) is 142 cm³/mol. The summed E-state index contributed by atoms with van der Waals surface area (Å²) in [6.07, 6.45) is 0. The lowest BCUT2D eigenvalue weighted by atomic mass is 10.0. The highest BCUT2D eigenvalue weighted by Crippen LogP contribution is 2.46. The van der Waals surface area contributed by atoms with Crippen LogP contribution in [-0.2, 0) is 14.3 Å². The molecule has 0 fully saturated rings. The average molecular weight is 724 g/mol. The number of nitrogens with zero attached hydrogens (tertiary/aromatic N) is 1. The smallest absolute Gasteiger partial charge is 0.330 e. The Balaban J connectivity index is 1.81. The molecule has 180 valence electrons. The predicted octanol–water partition coefficient (Wildman–Crippen LogP) is 6.16. The van der Waals surface area contributed by atoms with E-state index in [1.54, 1.807) is 19.9 Å². The Kier molecular flexibility index (Phi) is 8.42. The Hall–Kier alpha value is -1.56. The van der Waals surface area contributed by atoms with Crippen LogP contribution < -0.4 is 5.32 Å². The number of halogens is 4. The van der Waals surface area contributed by atoms with Crippen molar-refractivity contribution in [3.63, 3.8) is 0 Å². The molecular formula is C23H20Br4N2O5. The van der Waals surface area contributed by atoms with Crippen LogP contribution in [0.5, 0.6) is 0 Å². The molecule has 0 saturated heterocycles. The van der Waals surface area contributed by atoms with E-state index in [9.17, 15) is 19.2 Å². The lowest BCUT2D eigenvalue weighted by Crippen LogP contribution is -2.49. The second-order valence-corrected chi connectivity index (χ2v) is 11.3. The Morgan fingerprint density at radius 2 is 1.47 bits per heavy atom. The summed E-state index contributed by atoms with van der Waals surface area (Å²) in [6.45, 7) is 6.64. The molecule has 1 unspecified atom stereocenters. The van der Waals surface area contributed by atoms with Gasteiger partial charge >= 0.3 is 5.97 Å². The summed E-state index contributed by atoms with van der Waals surface area (Å²) >= 11 is 13.5. The quantitative estimate of drug-likeness (QED) is 0.167. The molecule has 7 nitrogen and oxygen atoms in total. The normalized spacial score (nSPS) is 13.9. The number of hydrogen-bond donors (Lipinski definition) is 1. The van der Waals surface area contributed by atoms with Gasteiger partial charge in [0, 0.05) is 23.6 Å². The molecule has 0 aliphatic carbocycles. The molecule has 1 N–H and O–H groups in total. The second kappa shape index (κ2) is 10.6. The molecule has 3 amide bonds. The van der Waals surface area contributed by atoms with Crippen LogP contribution in [0.25, 0.3) is 0 Å². The minimum Gasteiger partial charge on any atom is -0.454 e. The molecule has 1 aliphatic rings. The van der Waals surface area contributed by atoms with Crippen LogP contribution >= 0.6 is 63.7 Å². The first-order valence-electron chi connectivity index (χ1n) is 10.1. The van der Waals surface area contributed by atoms with Crippen molar-refractivity contribution in [2.75, 3.05) is 11.9 Å². The van der Waals surface area contributed by atoms with E-state index >= 15 is 0 Å². The van der Waals surface area contributed by atoms with E-state index in [2.05, 4.69) is 69.0 Å². The number of benzene rings is 2. The highest BCUT2D eigenvalue weighted by molar-refractivity contribution is 9.15. The minimum absolute atomic E-state index is 0.137. The zero-order valence-electron chi connectivity index (χ0n) is 18.6. The molecule has 1 atom stereocenters. The number of hydrogen-bond acceptors (Lipinski definition) is 5. The zero-order chi connectivity index (χ0) is 25.5. The fourth-order valence-electron chi connectivity index (χ4n) is 3.66. The van der Waals surface area contributed by atoms with Crippen LogP contribution in [0.2, 0.25) is 0 Å². The summed E-state index contributed by atoms with van der Waals surface area (Å²) in [5.74, 6) is -3.08. The first-order chi connectivity index (χ1) is 15.9. The van der Waals surface area contributed by atoms with Gasteiger partial charge in [-0.2, -0.15) is 0 Å². The Labute approximate surface area is 230 Å². The van der Waals surface area contributed by atoms with Crippen molar-refractivity contribution in [2.45, 2.75) is 33.7 Å². The van der Waals surface area contributed by atoms with Gasteiger partial charge in [-0.25, -0.2) is 4.79 Å². The monoisotopic (exact) mass is 720 g/mol. The number of aryl methyl sites for hydroxylation is 2. The van der Waals surface area contributed by atoms with Crippen molar-refractivity contribution in [2.24, 2.45) is 5.92 Å². The first kappa shape index (κ1) is 27.0. The number of nitrogens with one attached hydrogen (secondary N) is 1. The number of imide groups is 1. The summed E-state index contributed by atoms with van der Waals surface area (Å²) in [6, 6.07) is 4.34. The molecule has 0 aromatic heterocycles. The van der Waals surface area contributed by atoms with Gasteiger partial charge in [-0.15, -0.1) is 0 Å². The number of esters is 1. The maximum absolute atomic E-state index is 13.3. The van der Waals surface area contributed by atoms with Gasteiger partial charge in [-0.05, 0) is 95.1 Å². The van der Waals surface area contributed by atoms with Crippen molar-refractivity contribution in [3.05, 3.63) is 58.3 Å². The topological polar surface area (TPSA) is 92.8 Å². The first-order valence-corrected chi connectivity index (χ1v) is 13.3. The molecule has 0 spiro atoms. The summed E-state index contributed by atoms with van der Waals surface area (Å²) in [4.78, 5) is 52.8. The third kappa shape index (κ3) is 5.03. The molecule has 11 heteroatoms. The number of anilines is 1. The number of amides is 3. The van der Waals surface area contributed by atoms with Gasteiger partial charge in [-0.1, -0.05) is 31.5 Å². The van der Waals surface area contributed by atoms with Gasteiger partial charge in [0.2, 0.25) is 0 Å². The van der Waals surface area contributed by atoms with Crippen molar-refractivity contribution < 1.29 is 23.9 Å². The Bertz CT molecular complexity index is 1180. The second-order valence-electron chi connectivity index (χ2n) is 8.15. The van der Waals surface area contributed by atoms with Crippen LogP contribution in [0.3, 0.4) is 0 Å². The van der Waals surface area contributed by atoms with Gasteiger partial charge in [0.05, 0.1) is 11.1 Å². The zero-order valence-corrected chi connectivity index (χ0v) is 24.9. The Morgan fingerprint density at radius 1 is 0.941 bits per heavy atom. The lowest BCUT2D eigenvalue weighted by molar-refractivity contribution is -0.152. The van der Waals surface area contributed by atoms with E-state index in [0.717, 1.165) is 16.0 Å². The molecule has 0 saturated carbocycles. The van der Waals surface area contributed by atoms with Crippen LogP contribution in [0.1, 0.15) is 45.7 Å². The van der Waals surface area contributed by atoms with Gasteiger partial charge < -0.3 is 10.1 Å². The largest absolute Gasteiger partial charge is 0.454 e. The number of ether oxygens (including phenoxy) is 1. The van der Waals surface area contributed by atoms with E-state index in [4.69, 9.17) is 4.74 Å². The van der Waals surface area contributed by atoms with Gasteiger partial charge in [0.25, 0.3) is 17.7 Å². The Morgan fingerprint density at radius 3 is 1.94 bits per heavy atom. The van der Waals surface area contributed by atoms with E-state index in [1.807, 2.05) is 26.0 Å². The molecule has 0 bridgehead atoms. The van der Waals surface area contributed by atoms with Crippen LogP contribution in [0, 0.1) is 19.8 Å². The number of carbonyl (C=O) groups excluding carboxylic acids is 4. The standard InChI is InChI=1S/C23H20Br4N2O5/c1-9(2)20(23(33)34-8-13(30)28-12-6-5-10(3)7-11(12)4)29-21(31)14-15(22(29)32)17(25)19(27)18(26)16(14)24/h5-7,9,20H,8H2,1-4H3,(H,28,30). The SMILES string of the molecule is Cc1ccc(NC(=O)COC(=O)C(C(C)C)N2C(=O)c3c(Br)c(Br)c(Br)c(Br)c3C2=O)c(C)c1. The summed E-state index contributed by atoms with van der Waals surface area (Å²) < 4.78 is 7.12. The minimum atomic E-state index is -1.21. The summed E-state index contributed by atoms with van der Waals surface area (Å²) in [5, 5.41) is 2.70. The maximum atomic E-state index is 13.3. The highest BCUT2D eigenvalue weighted by Gasteiger charge is 2.47. The lowest BCUT2D eigenvalue weighted by Gasteiger charge is -2.27. The molecule has 2 aromatic rings. The molecule has 34 heavy (non-hydrogen) atoms.